The minimum absolute atomic E-state index is 0.0103. The summed E-state index contributed by atoms with van der Waals surface area (Å²) in [6, 6.07) is 0. The summed E-state index contributed by atoms with van der Waals surface area (Å²) in [7, 11) is 0. The molecule has 2 rings (SSSR count). The van der Waals surface area contributed by atoms with E-state index in [0.29, 0.717) is 18.4 Å². The van der Waals surface area contributed by atoms with Crippen molar-refractivity contribution in [1.82, 2.24) is 4.90 Å². The van der Waals surface area contributed by atoms with Gasteiger partial charge in [0.25, 0.3) is 0 Å². The lowest BCUT2D eigenvalue weighted by molar-refractivity contribution is -0.148. The summed E-state index contributed by atoms with van der Waals surface area (Å²) in [4.78, 5) is 14.6. The Morgan fingerprint density at radius 3 is 2.26 bits per heavy atom. The fourth-order valence-electron chi connectivity index (χ4n) is 3.49. The number of likely N-dealkylation sites (tertiary alicyclic amines) is 1. The van der Waals surface area contributed by atoms with Crippen LogP contribution in [0.5, 0.6) is 0 Å². The second-order valence-corrected chi connectivity index (χ2v) is 6.72. The first kappa shape index (κ1) is 14.8. The van der Waals surface area contributed by atoms with Crippen LogP contribution in [0.1, 0.15) is 65.7 Å². The maximum atomic E-state index is 12.0. The van der Waals surface area contributed by atoms with E-state index in [2.05, 4.69) is 18.7 Å². The molecular formula is C16H29NO2. The van der Waals surface area contributed by atoms with Crippen LogP contribution < -0.4 is 0 Å². The van der Waals surface area contributed by atoms with Crippen molar-refractivity contribution in [2.45, 2.75) is 71.3 Å². The molecule has 3 heteroatoms. The summed E-state index contributed by atoms with van der Waals surface area (Å²) in [6.45, 7) is 9.31. The van der Waals surface area contributed by atoms with Gasteiger partial charge in [-0.2, -0.15) is 0 Å². The molecule has 1 aliphatic carbocycles. The molecule has 0 aromatic rings. The molecule has 3 nitrogen and oxygen atoms in total. The van der Waals surface area contributed by atoms with Crippen molar-refractivity contribution in [3.63, 3.8) is 0 Å². The van der Waals surface area contributed by atoms with E-state index in [1.54, 1.807) is 0 Å². The second-order valence-electron chi connectivity index (χ2n) is 6.72. The lowest BCUT2D eigenvalue weighted by Crippen LogP contribution is -2.54. The molecule has 1 unspecified atom stereocenters. The number of carbonyl (C=O) groups is 1. The predicted molar refractivity (Wildman–Crippen MR) is 77.0 cm³/mol. The molecule has 1 aliphatic heterocycles. The first-order valence-electron chi connectivity index (χ1n) is 7.92. The molecule has 1 saturated heterocycles. The molecule has 19 heavy (non-hydrogen) atoms. The Labute approximate surface area is 117 Å². The Bertz CT molecular complexity index is 317. The van der Waals surface area contributed by atoms with E-state index in [-0.39, 0.29) is 11.5 Å². The molecule has 0 aromatic heterocycles. The highest BCUT2D eigenvalue weighted by Gasteiger charge is 2.56. The van der Waals surface area contributed by atoms with Crippen molar-refractivity contribution in [3.8, 4) is 0 Å². The van der Waals surface area contributed by atoms with Crippen LogP contribution >= 0.6 is 0 Å². The molecule has 110 valence electrons. The van der Waals surface area contributed by atoms with Gasteiger partial charge >= 0.3 is 5.97 Å². The largest absolute Gasteiger partial charge is 0.466 e. The van der Waals surface area contributed by atoms with Gasteiger partial charge in [0, 0.05) is 5.54 Å². The average Bonchev–Trinajstić information content (AvgIpc) is 3.13. The van der Waals surface area contributed by atoms with Gasteiger partial charge in [-0.25, -0.2) is 0 Å². The van der Waals surface area contributed by atoms with Crippen molar-refractivity contribution < 1.29 is 9.53 Å². The highest BCUT2D eigenvalue weighted by atomic mass is 16.5. The zero-order chi connectivity index (χ0) is 13.9. The monoisotopic (exact) mass is 267 g/mol. The Balaban J connectivity index is 2.11. The second kappa shape index (κ2) is 5.82. The van der Waals surface area contributed by atoms with Crippen LogP contribution in [0, 0.1) is 5.41 Å². The Morgan fingerprint density at radius 1 is 1.21 bits per heavy atom. The van der Waals surface area contributed by atoms with Crippen LogP contribution in [0.4, 0.5) is 0 Å². The number of carbonyl (C=O) groups excluding carboxylic acids is 1. The zero-order valence-electron chi connectivity index (χ0n) is 12.8. The average molecular weight is 267 g/mol. The molecular weight excluding hydrogens is 238 g/mol. The Hall–Kier alpha value is -0.570. The topological polar surface area (TPSA) is 29.5 Å². The van der Waals surface area contributed by atoms with Crippen molar-refractivity contribution in [2.24, 2.45) is 5.41 Å². The van der Waals surface area contributed by atoms with Crippen LogP contribution in [0.15, 0.2) is 0 Å². The standard InChI is InChI=1S/C16H29NO2/c1-4-19-14(18)13-16(3,15(2)9-10-15)17-11-7-5-6-8-12-17/h4-13H2,1-3H3. The van der Waals surface area contributed by atoms with Gasteiger partial charge in [0.15, 0.2) is 0 Å². The third-order valence-corrected chi connectivity index (χ3v) is 5.40. The van der Waals surface area contributed by atoms with E-state index >= 15 is 0 Å². The van der Waals surface area contributed by atoms with Crippen LogP contribution in [-0.2, 0) is 9.53 Å². The molecule has 1 heterocycles. The molecule has 0 aromatic carbocycles. The Kier molecular flexibility index (Phi) is 4.54. The SMILES string of the molecule is CCOC(=O)CC(C)(N1CCCCCC1)C1(C)CC1. The minimum Gasteiger partial charge on any atom is -0.466 e. The van der Waals surface area contributed by atoms with E-state index in [4.69, 9.17) is 4.74 Å². The lowest BCUT2D eigenvalue weighted by Gasteiger charge is -2.45. The normalized spacial score (nSPS) is 26.3. The quantitative estimate of drug-likeness (QED) is 0.715. The first-order chi connectivity index (χ1) is 9.02. The molecule has 0 N–H and O–H groups in total. The molecule has 0 bridgehead atoms. The van der Waals surface area contributed by atoms with Crippen molar-refractivity contribution in [3.05, 3.63) is 0 Å². The van der Waals surface area contributed by atoms with Gasteiger partial charge in [-0.05, 0) is 58.0 Å². The third kappa shape index (κ3) is 3.13. The number of nitrogens with zero attached hydrogens (tertiary/aromatic N) is 1. The van der Waals surface area contributed by atoms with Crippen LogP contribution in [0.3, 0.4) is 0 Å². The molecule has 0 radical (unpaired) electrons. The zero-order valence-corrected chi connectivity index (χ0v) is 12.8. The van der Waals surface area contributed by atoms with Gasteiger partial charge in [0.2, 0.25) is 0 Å². The van der Waals surface area contributed by atoms with Crippen molar-refractivity contribution >= 4 is 5.97 Å². The van der Waals surface area contributed by atoms with E-state index in [1.807, 2.05) is 6.92 Å². The third-order valence-electron chi connectivity index (χ3n) is 5.40. The number of esters is 1. The van der Waals surface area contributed by atoms with E-state index in [1.165, 1.54) is 38.5 Å². The van der Waals surface area contributed by atoms with Gasteiger partial charge in [0.05, 0.1) is 13.0 Å². The predicted octanol–water partition coefficient (Wildman–Crippen LogP) is 3.37. The Morgan fingerprint density at radius 2 is 1.79 bits per heavy atom. The maximum absolute atomic E-state index is 12.0. The minimum atomic E-state index is -0.0256. The first-order valence-corrected chi connectivity index (χ1v) is 7.92. The van der Waals surface area contributed by atoms with Gasteiger partial charge in [-0.15, -0.1) is 0 Å². The number of ether oxygens (including phenoxy) is 1. The number of hydrogen-bond acceptors (Lipinski definition) is 3. The van der Waals surface area contributed by atoms with Gasteiger partial charge in [-0.1, -0.05) is 19.8 Å². The molecule has 2 fully saturated rings. The summed E-state index contributed by atoms with van der Waals surface area (Å²) in [5.74, 6) is -0.0256. The van der Waals surface area contributed by atoms with Gasteiger partial charge in [-0.3, -0.25) is 9.69 Å². The highest BCUT2D eigenvalue weighted by Crippen LogP contribution is 2.57. The van der Waals surface area contributed by atoms with E-state index < -0.39 is 0 Å². The fourth-order valence-corrected chi connectivity index (χ4v) is 3.49. The van der Waals surface area contributed by atoms with Crippen LogP contribution in [0.25, 0.3) is 0 Å². The maximum Gasteiger partial charge on any atom is 0.307 e. The number of rotatable bonds is 5. The van der Waals surface area contributed by atoms with Crippen molar-refractivity contribution in [2.75, 3.05) is 19.7 Å². The highest BCUT2D eigenvalue weighted by molar-refractivity contribution is 5.71. The van der Waals surface area contributed by atoms with E-state index in [9.17, 15) is 4.79 Å². The summed E-state index contributed by atoms with van der Waals surface area (Å²) in [5.41, 5.74) is 0.299. The molecule has 0 amide bonds. The summed E-state index contributed by atoms with van der Waals surface area (Å²) in [6.07, 6.45) is 8.27. The number of hydrogen-bond donors (Lipinski definition) is 0. The fraction of sp³-hybridized carbons (Fsp3) is 0.938. The van der Waals surface area contributed by atoms with Gasteiger partial charge in [0.1, 0.15) is 0 Å². The summed E-state index contributed by atoms with van der Waals surface area (Å²) in [5, 5.41) is 0. The van der Waals surface area contributed by atoms with E-state index in [0.717, 1.165) is 13.1 Å². The summed E-state index contributed by atoms with van der Waals surface area (Å²) < 4.78 is 5.22. The van der Waals surface area contributed by atoms with Crippen molar-refractivity contribution in [1.29, 1.82) is 0 Å². The van der Waals surface area contributed by atoms with Gasteiger partial charge < -0.3 is 4.74 Å². The lowest BCUT2D eigenvalue weighted by atomic mass is 9.79. The molecule has 1 saturated carbocycles. The van der Waals surface area contributed by atoms with Crippen LogP contribution in [0.2, 0.25) is 0 Å². The molecule has 1 atom stereocenters. The smallest absolute Gasteiger partial charge is 0.307 e. The summed E-state index contributed by atoms with van der Waals surface area (Å²) >= 11 is 0. The molecule has 2 aliphatic rings. The molecule has 0 spiro atoms. The van der Waals surface area contributed by atoms with Crippen LogP contribution in [-0.4, -0.2) is 36.1 Å².